The van der Waals surface area contributed by atoms with Crippen molar-refractivity contribution in [2.45, 2.75) is 58.7 Å². The van der Waals surface area contributed by atoms with Crippen LogP contribution in [0.3, 0.4) is 0 Å². The lowest BCUT2D eigenvalue weighted by atomic mass is 9.81. The number of hydrogen-bond donors (Lipinski definition) is 0. The van der Waals surface area contributed by atoms with Crippen molar-refractivity contribution < 1.29 is 37.1 Å². The number of imide groups is 1. The summed E-state index contributed by atoms with van der Waals surface area (Å²) in [4.78, 5) is 51.9. The third-order valence-electron chi connectivity index (χ3n) is 7.11. The van der Waals surface area contributed by atoms with Gasteiger partial charge in [0.25, 0.3) is 0 Å². The molecule has 1 aromatic carbocycles. The molecule has 0 bridgehead atoms. The van der Waals surface area contributed by atoms with Crippen LogP contribution in [0, 0.1) is 25.7 Å². The van der Waals surface area contributed by atoms with Crippen LogP contribution in [-0.2, 0) is 25.3 Å². The number of benzene rings is 1. The van der Waals surface area contributed by atoms with E-state index in [9.17, 15) is 32.3 Å². The Morgan fingerprint density at radius 1 is 1.06 bits per heavy atom. The molecule has 0 radical (unpaired) electrons. The summed E-state index contributed by atoms with van der Waals surface area (Å²) >= 11 is 0. The number of hydrogen-bond acceptors (Lipinski definition) is 5. The Morgan fingerprint density at radius 2 is 1.67 bits per heavy atom. The summed E-state index contributed by atoms with van der Waals surface area (Å²) in [5.41, 5.74) is 0.566. The van der Waals surface area contributed by atoms with Crippen LogP contribution < -0.4 is 0 Å². The largest absolute Gasteiger partial charge is 0.456 e. The summed E-state index contributed by atoms with van der Waals surface area (Å²) in [7, 11) is 0. The number of fused-ring (bicyclic) bond motifs is 1. The number of ether oxygens (including phenoxy) is 1. The standard InChI is InChI=1S/C26H27F3N2O5/c1-14-11-21(15(2)30(14)18-8-6-7-17(12-18)26(27,28)29)22(32)13-36-25(35)16(3)31-23(33)19-9-4-5-10-20(19)24(31)34/h6-8,11-12,16,19-20H,4-5,9-10,13H2,1-3H3/t16-,19?,20?/m0/s1. The van der Waals surface area contributed by atoms with Crippen LogP contribution in [0.2, 0.25) is 0 Å². The molecule has 4 rings (SSSR count). The summed E-state index contributed by atoms with van der Waals surface area (Å²) in [6.45, 7) is 4.02. The molecule has 0 N–H and O–H groups in total. The minimum Gasteiger partial charge on any atom is -0.456 e. The molecule has 3 atom stereocenters. The van der Waals surface area contributed by atoms with Crippen molar-refractivity contribution in [2.24, 2.45) is 11.8 Å². The lowest BCUT2D eigenvalue weighted by Gasteiger charge is -2.21. The van der Waals surface area contributed by atoms with Gasteiger partial charge in [0.2, 0.25) is 17.6 Å². The second kappa shape index (κ2) is 9.55. The van der Waals surface area contributed by atoms with Gasteiger partial charge in [-0.25, -0.2) is 4.79 Å². The molecule has 2 amide bonds. The van der Waals surface area contributed by atoms with Crippen molar-refractivity contribution in [2.75, 3.05) is 6.61 Å². The number of amides is 2. The third-order valence-corrected chi connectivity index (χ3v) is 7.11. The van der Waals surface area contributed by atoms with E-state index in [2.05, 4.69) is 0 Å². The molecule has 2 aromatic rings. The Bertz CT molecular complexity index is 1210. The van der Waals surface area contributed by atoms with Crippen LogP contribution in [0.5, 0.6) is 0 Å². The van der Waals surface area contributed by atoms with E-state index in [-0.39, 0.29) is 23.1 Å². The number of Topliss-reactive ketones (excluding diaryl/α,β-unsaturated/α-hetero) is 1. The first-order valence-electron chi connectivity index (χ1n) is 11.8. The van der Waals surface area contributed by atoms with E-state index in [1.165, 1.54) is 29.7 Å². The quantitative estimate of drug-likeness (QED) is 0.331. The minimum atomic E-state index is -4.51. The molecule has 1 aliphatic heterocycles. The van der Waals surface area contributed by atoms with Crippen LogP contribution in [0.4, 0.5) is 13.2 Å². The highest BCUT2D eigenvalue weighted by Gasteiger charge is 2.51. The van der Waals surface area contributed by atoms with Crippen molar-refractivity contribution >= 4 is 23.6 Å². The van der Waals surface area contributed by atoms with Gasteiger partial charge in [0, 0.05) is 22.6 Å². The number of likely N-dealkylation sites (tertiary alicyclic amines) is 1. The zero-order valence-corrected chi connectivity index (χ0v) is 20.2. The molecule has 2 unspecified atom stereocenters. The molecule has 1 aromatic heterocycles. The van der Waals surface area contributed by atoms with E-state index in [1.54, 1.807) is 13.8 Å². The number of esters is 1. The predicted molar refractivity (Wildman–Crippen MR) is 122 cm³/mol. The fourth-order valence-electron chi connectivity index (χ4n) is 5.27. The number of alkyl halides is 3. The highest BCUT2D eigenvalue weighted by Crippen LogP contribution is 2.39. The van der Waals surface area contributed by atoms with Crippen LogP contribution >= 0.6 is 0 Å². The molecule has 192 valence electrons. The summed E-state index contributed by atoms with van der Waals surface area (Å²) in [5.74, 6) is -2.95. The highest BCUT2D eigenvalue weighted by atomic mass is 19.4. The van der Waals surface area contributed by atoms with E-state index < -0.39 is 48.0 Å². The monoisotopic (exact) mass is 504 g/mol. The number of ketones is 1. The maximum absolute atomic E-state index is 13.1. The Labute approximate surface area is 206 Å². The average molecular weight is 505 g/mol. The molecule has 1 aliphatic carbocycles. The summed E-state index contributed by atoms with van der Waals surface area (Å²) in [6.07, 6.45) is -1.55. The van der Waals surface area contributed by atoms with Gasteiger partial charge in [0.05, 0.1) is 17.4 Å². The molecule has 2 fully saturated rings. The SMILES string of the molecule is Cc1cc(C(=O)COC(=O)[C@H](C)N2C(=O)C3CCCCC3C2=O)c(C)n1-c1cccc(C(F)(F)F)c1. The Morgan fingerprint density at radius 3 is 2.25 bits per heavy atom. The Kier molecular flexibility index (Phi) is 6.81. The lowest BCUT2D eigenvalue weighted by Crippen LogP contribution is -2.44. The van der Waals surface area contributed by atoms with Gasteiger partial charge in [-0.3, -0.25) is 19.3 Å². The molecule has 7 nitrogen and oxygen atoms in total. The number of rotatable bonds is 6. The van der Waals surface area contributed by atoms with Gasteiger partial charge in [0.15, 0.2) is 6.61 Å². The first-order chi connectivity index (χ1) is 16.9. The average Bonchev–Trinajstić information content (AvgIpc) is 3.28. The van der Waals surface area contributed by atoms with Crippen LogP contribution in [0.25, 0.3) is 5.69 Å². The highest BCUT2D eigenvalue weighted by molar-refractivity contribution is 6.08. The van der Waals surface area contributed by atoms with Crippen molar-refractivity contribution in [1.82, 2.24) is 9.47 Å². The third kappa shape index (κ3) is 4.56. The van der Waals surface area contributed by atoms with Gasteiger partial charge in [-0.2, -0.15) is 13.2 Å². The fourth-order valence-corrected chi connectivity index (χ4v) is 5.27. The number of carbonyl (C=O) groups is 4. The molecular formula is C26H27F3N2O5. The van der Waals surface area contributed by atoms with Crippen LogP contribution in [0.15, 0.2) is 30.3 Å². The molecule has 1 saturated heterocycles. The maximum atomic E-state index is 13.1. The van der Waals surface area contributed by atoms with E-state index in [4.69, 9.17) is 4.74 Å². The second-order valence-electron chi connectivity index (χ2n) is 9.42. The molecule has 10 heteroatoms. The normalized spacial score (nSPS) is 20.9. The molecule has 0 spiro atoms. The number of halogens is 3. The molecule has 2 aliphatic rings. The van der Waals surface area contributed by atoms with Crippen LogP contribution in [-0.4, -0.2) is 45.7 Å². The first-order valence-corrected chi connectivity index (χ1v) is 11.8. The van der Waals surface area contributed by atoms with Crippen molar-refractivity contribution in [3.8, 4) is 5.69 Å². The van der Waals surface area contributed by atoms with Gasteiger partial charge in [-0.15, -0.1) is 0 Å². The number of nitrogens with zero attached hydrogens (tertiary/aromatic N) is 2. The molecule has 2 heterocycles. The van der Waals surface area contributed by atoms with Gasteiger partial charge in [0.1, 0.15) is 6.04 Å². The van der Waals surface area contributed by atoms with Gasteiger partial charge < -0.3 is 9.30 Å². The van der Waals surface area contributed by atoms with E-state index in [0.29, 0.717) is 24.2 Å². The number of aryl methyl sites for hydroxylation is 1. The summed E-state index contributed by atoms with van der Waals surface area (Å²) in [5, 5.41) is 0. The second-order valence-corrected chi connectivity index (χ2v) is 9.42. The molecular weight excluding hydrogens is 477 g/mol. The number of carbonyl (C=O) groups excluding carboxylic acids is 4. The van der Waals surface area contributed by atoms with E-state index in [1.807, 2.05) is 0 Å². The molecule has 36 heavy (non-hydrogen) atoms. The molecule has 1 saturated carbocycles. The Hall–Kier alpha value is -3.43. The predicted octanol–water partition coefficient (Wildman–Crippen LogP) is 4.40. The van der Waals surface area contributed by atoms with Crippen molar-refractivity contribution in [1.29, 1.82) is 0 Å². The zero-order chi connectivity index (χ0) is 26.4. The lowest BCUT2D eigenvalue weighted by molar-refractivity contribution is -0.157. The summed E-state index contributed by atoms with van der Waals surface area (Å²) in [6, 6.07) is 5.13. The topological polar surface area (TPSA) is 85.7 Å². The van der Waals surface area contributed by atoms with Gasteiger partial charge in [-0.1, -0.05) is 18.9 Å². The number of aromatic nitrogens is 1. The van der Waals surface area contributed by atoms with Crippen molar-refractivity contribution in [3.63, 3.8) is 0 Å². The van der Waals surface area contributed by atoms with Gasteiger partial charge >= 0.3 is 12.1 Å². The van der Waals surface area contributed by atoms with E-state index in [0.717, 1.165) is 29.9 Å². The fraction of sp³-hybridized carbons (Fsp3) is 0.462. The van der Waals surface area contributed by atoms with Crippen molar-refractivity contribution in [3.05, 3.63) is 52.8 Å². The first kappa shape index (κ1) is 25.7. The van der Waals surface area contributed by atoms with E-state index >= 15 is 0 Å². The summed E-state index contributed by atoms with van der Waals surface area (Å²) < 4.78 is 46.1. The zero-order valence-electron chi connectivity index (χ0n) is 20.2. The van der Waals surface area contributed by atoms with Gasteiger partial charge in [-0.05, 0) is 57.9 Å². The Balaban J connectivity index is 1.46. The maximum Gasteiger partial charge on any atom is 0.416 e. The minimum absolute atomic E-state index is 0.199. The smallest absolute Gasteiger partial charge is 0.416 e. The van der Waals surface area contributed by atoms with Crippen LogP contribution in [0.1, 0.15) is 59.9 Å².